The average Bonchev–Trinajstić information content (AvgIpc) is 2.64. The van der Waals surface area contributed by atoms with Crippen LogP contribution < -0.4 is 4.74 Å². The van der Waals surface area contributed by atoms with Crippen LogP contribution >= 0.6 is 0 Å². The molecule has 24 heavy (non-hydrogen) atoms. The molecule has 1 heterocycles. The molecule has 2 aliphatic rings. The van der Waals surface area contributed by atoms with Gasteiger partial charge in [-0.1, -0.05) is 40.8 Å². The summed E-state index contributed by atoms with van der Waals surface area (Å²) in [6.07, 6.45) is 8.17. The fraction of sp³-hybridized carbons (Fsp3) is 0.143. The second kappa shape index (κ2) is 6.25. The zero-order valence-corrected chi connectivity index (χ0v) is 14.4. The summed E-state index contributed by atoms with van der Waals surface area (Å²) in [6.45, 7) is 2.65. The highest BCUT2D eigenvalue weighted by atomic mass is 32.2. The molecule has 2 aromatic carbocycles. The van der Waals surface area contributed by atoms with E-state index in [0.29, 0.717) is 6.61 Å². The molecule has 0 saturated carbocycles. The van der Waals surface area contributed by atoms with Crippen molar-refractivity contribution in [2.75, 3.05) is 6.61 Å². The predicted octanol–water partition coefficient (Wildman–Crippen LogP) is 3.96. The van der Waals surface area contributed by atoms with Crippen LogP contribution in [0.3, 0.4) is 0 Å². The van der Waals surface area contributed by atoms with Crippen LogP contribution in [0.15, 0.2) is 82.6 Å². The first-order valence-corrected chi connectivity index (χ1v) is 9.51. The summed E-state index contributed by atoms with van der Waals surface area (Å²) in [7, 11) is -0.686. The van der Waals surface area contributed by atoms with Gasteiger partial charge in [-0.15, -0.1) is 0 Å². The van der Waals surface area contributed by atoms with Crippen molar-refractivity contribution in [3.8, 4) is 5.75 Å². The van der Waals surface area contributed by atoms with Gasteiger partial charge < -0.3 is 4.74 Å². The summed E-state index contributed by atoms with van der Waals surface area (Å²) < 4.78 is 5.56. The molecule has 0 bridgehead atoms. The molecular weight excluding hydrogens is 316 g/mol. The Labute approximate surface area is 144 Å². The number of ketones is 1. The SMILES string of the molecule is CCOc1ccc([SH+]2=C3C=CC=CC3C(=O)c3ccccc32)cc1. The summed E-state index contributed by atoms with van der Waals surface area (Å²) >= 11 is 0. The van der Waals surface area contributed by atoms with Crippen molar-refractivity contribution < 1.29 is 9.53 Å². The van der Waals surface area contributed by atoms with Crippen LogP contribution in [0.5, 0.6) is 5.75 Å². The van der Waals surface area contributed by atoms with Crippen LogP contribution in [0.2, 0.25) is 0 Å². The topological polar surface area (TPSA) is 26.3 Å². The van der Waals surface area contributed by atoms with Crippen LogP contribution in [0.25, 0.3) is 0 Å². The first-order chi connectivity index (χ1) is 11.8. The Morgan fingerprint density at radius 2 is 1.83 bits per heavy atom. The molecule has 3 heteroatoms. The number of allylic oxidation sites excluding steroid dienone is 4. The zero-order chi connectivity index (χ0) is 16.5. The van der Waals surface area contributed by atoms with E-state index in [4.69, 9.17) is 4.74 Å². The molecule has 0 spiro atoms. The van der Waals surface area contributed by atoms with E-state index in [2.05, 4.69) is 24.3 Å². The molecule has 2 nitrogen and oxygen atoms in total. The van der Waals surface area contributed by atoms with Gasteiger partial charge >= 0.3 is 0 Å². The van der Waals surface area contributed by atoms with E-state index in [1.54, 1.807) is 0 Å². The number of benzene rings is 2. The third-order valence-corrected chi connectivity index (χ3v) is 6.99. The molecule has 2 atom stereocenters. The maximum absolute atomic E-state index is 12.9. The first kappa shape index (κ1) is 15.2. The van der Waals surface area contributed by atoms with Crippen molar-refractivity contribution in [3.63, 3.8) is 0 Å². The second-order valence-corrected chi connectivity index (χ2v) is 7.98. The van der Waals surface area contributed by atoms with Gasteiger partial charge in [0.2, 0.25) is 0 Å². The van der Waals surface area contributed by atoms with Gasteiger partial charge in [-0.2, -0.15) is 0 Å². The van der Waals surface area contributed by atoms with E-state index in [1.807, 2.05) is 55.5 Å². The Morgan fingerprint density at radius 3 is 2.62 bits per heavy atom. The number of ether oxygens (including phenoxy) is 1. The van der Waals surface area contributed by atoms with Crippen LogP contribution in [0.1, 0.15) is 17.3 Å². The minimum absolute atomic E-state index is 0.123. The fourth-order valence-electron chi connectivity index (χ4n) is 3.30. The molecule has 0 aromatic heterocycles. The van der Waals surface area contributed by atoms with Crippen molar-refractivity contribution in [1.82, 2.24) is 0 Å². The largest absolute Gasteiger partial charge is 0.494 e. The minimum Gasteiger partial charge on any atom is -0.494 e. The van der Waals surface area contributed by atoms with E-state index in [0.717, 1.165) is 16.2 Å². The minimum atomic E-state index is -0.686. The third kappa shape index (κ3) is 2.45. The van der Waals surface area contributed by atoms with Crippen molar-refractivity contribution in [3.05, 3.63) is 78.4 Å². The summed E-state index contributed by atoms with van der Waals surface area (Å²) in [4.78, 5) is 16.5. The van der Waals surface area contributed by atoms with Crippen molar-refractivity contribution in [2.24, 2.45) is 5.92 Å². The van der Waals surface area contributed by atoms with E-state index in [9.17, 15) is 4.79 Å². The lowest BCUT2D eigenvalue weighted by Gasteiger charge is -2.23. The van der Waals surface area contributed by atoms with Gasteiger partial charge in [0.25, 0.3) is 0 Å². The van der Waals surface area contributed by atoms with Crippen molar-refractivity contribution >= 4 is 21.1 Å². The van der Waals surface area contributed by atoms with Crippen molar-refractivity contribution in [1.29, 1.82) is 0 Å². The Hall–Kier alpha value is -2.39. The lowest BCUT2D eigenvalue weighted by Crippen LogP contribution is -2.31. The third-order valence-electron chi connectivity index (χ3n) is 4.36. The second-order valence-electron chi connectivity index (χ2n) is 5.79. The molecule has 0 radical (unpaired) electrons. The Balaban J connectivity index is 1.91. The van der Waals surface area contributed by atoms with E-state index < -0.39 is 10.5 Å². The molecule has 0 amide bonds. The van der Waals surface area contributed by atoms with Gasteiger partial charge in [0.05, 0.1) is 12.2 Å². The summed E-state index contributed by atoms with van der Waals surface area (Å²) in [5.74, 6) is 0.978. The Kier molecular flexibility index (Phi) is 3.95. The summed E-state index contributed by atoms with van der Waals surface area (Å²) in [6, 6.07) is 16.4. The molecule has 0 fully saturated rings. The fourth-order valence-corrected chi connectivity index (χ4v) is 5.98. The monoisotopic (exact) mass is 335 g/mol. The maximum Gasteiger partial charge on any atom is 0.183 e. The molecule has 1 aliphatic carbocycles. The number of thiol groups is 1. The number of rotatable bonds is 3. The molecule has 4 rings (SSSR count). The van der Waals surface area contributed by atoms with E-state index >= 15 is 0 Å². The first-order valence-electron chi connectivity index (χ1n) is 8.17. The Morgan fingerprint density at radius 1 is 1.04 bits per heavy atom. The van der Waals surface area contributed by atoms with Crippen LogP contribution in [0.4, 0.5) is 0 Å². The summed E-state index contributed by atoms with van der Waals surface area (Å²) in [5.41, 5.74) is 0.867. The maximum atomic E-state index is 12.9. The molecular formula is C21H19O2S+. The molecule has 1 aliphatic heterocycles. The van der Waals surface area contributed by atoms with Crippen LogP contribution in [0, 0.1) is 5.92 Å². The molecule has 0 saturated heterocycles. The highest BCUT2D eigenvalue weighted by Gasteiger charge is 2.37. The lowest BCUT2D eigenvalue weighted by molar-refractivity contribution is 0.0969. The molecule has 2 aromatic rings. The van der Waals surface area contributed by atoms with E-state index in [1.165, 1.54) is 9.76 Å². The average molecular weight is 335 g/mol. The van der Waals surface area contributed by atoms with Gasteiger partial charge in [0.1, 0.15) is 26.3 Å². The smallest absolute Gasteiger partial charge is 0.183 e. The number of hydrogen-bond donors (Lipinski definition) is 0. The molecule has 2 unspecified atom stereocenters. The number of hydrogen-bond acceptors (Lipinski definition) is 2. The van der Waals surface area contributed by atoms with E-state index in [-0.39, 0.29) is 11.7 Å². The standard InChI is InChI=1S/C21H18O2S/c1-2-23-15-11-13-16(14-12-15)24-19-9-5-3-7-17(19)21(22)18-8-4-6-10-20(18)24/h3-14,17H,2H2,1H3/p+1. The van der Waals surface area contributed by atoms with Gasteiger partial charge in [-0.05, 0) is 49.4 Å². The van der Waals surface area contributed by atoms with Gasteiger partial charge in [0.15, 0.2) is 5.78 Å². The highest BCUT2D eigenvalue weighted by Crippen LogP contribution is 2.33. The van der Waals surface area contributed by atoms with Crippen molar-refractivity contribution in [2.45, 2.75) is 16.7 Å². The number of carbonyl (C=O) groups is 1. The van der Waals surface area contributed by atoms with Gasteiger partial charge in [0, 0.05) is 0 Å². The summed E-state index contributed by atoms with van der Waals surface area (Å²) in [5, 5.41) is 0. The van der Waals surface area contributed by atoms with Crippen LogP contribution in [-0.4, -0.2) is 17.3 Å². The quantitative estimate of drug-likeness (QED) is 0.482. The zero-order valence-electron chi connectivity index (χ0n) is 13.5. The molecule has 0 N–H and O–H groups in total. The predicted molar refractivity (Wildman–Crippen MR) is 100 cm³/mol. The van der Waals surface area contributed by atoms with Gasteiger partial charge in [-0.25, -0.2) is 0 Å². The number of Topliss-reactive ketones (excluding diaryl/α,β-unsaturated/α-hetero) is 1. The normalized spacial score (nSPS) is 21.4. The Bertz CT molecular complexity index is 888. The van der Waals surface area contributed by atoms with Gasteiger partial charge in [-0.3, -0.25) is 4.79 Å². The highest BCUT2D eigenvalue weighted by molar-refractivity contribution is 7.97. The van der Waals surface area contributed by atoms with Crippen LogP contribution in [-0.2, 0) is 10.5 Å². The number of fused-ring (bicyclic) bond motifs is 2. The lowest BCUT2D eigenvalue weighted by atomic mass is 9.91. The molecule has 120 valence electrons. The number of carbonyl (C=O) groups excluding carboxylic acids is 1.